The van der Waals surface area contributed by atoms with Gasteiger partial charge in [0.05, 0.1) is 0 Å². The van der Waals surface area contributed by atoms with Crippen molar-refractivity contribution >= 4 is 22.6 Å². The molecule has 4 rings (SSSR count). The van der Waals surface area contributed by atoms with Gasteiger partial charge in [0.1, 0.15) is 11.6 Å². The summed E-state index contributed by atoms with van der Waals surface area (Å²) in [5.41, 5.74) is 1.01. The highest BCUT2D eigenvalue weighted by Gasteiger charge is 2.22. The Labute approximate surface area is 181 Å². The van der Waals surface area contributed by atoms with E-state index >= 15 is 0 Å². The van der Waals surface area contributed by atoms with E-state index in [0.29, 0.717) is 6.42 Å². The summed E-state index contributed by atoms with van der Waals surface area (Å²) in [6.07, 6.45) is 6.38. The van der Waals surface area contributed by atoms with Gasteiger partial charge in [-0.2, -0.15) is 4.37 Å². The zero-order valence-corrected chi connectivity index (χ0v) is 18.2. The quantitative estimate of drug-likeness (QED) is 0.730. The van der Waals surface area contributed by atoms with Gasteiger partial charge in [-0.05, 0) is 30.5 Å². The molecule has 0 atom stereocenters. The summed E-state index contributed by atoms with van der Waals surface area (Å²) < 4.78 is 17.5. The molecule has 1 aliphatic carbocycles. The predicted molar refractivity (Wildman–Crippen MR) is 117 cm³/mol. The van der Waals surface area contributed by atoms with Crippen LogP contribution in [0.4, 0.5) is 9.52 Å². The molecule has 2 aliphatic rings. The number of hydrogen-bond donors (Lipinski definition) is 1. The van der Waals surface area contributed by atoms with Crippen molar-refractivity contribution in [2.24, 2.45) is 5.92 Å². The van der Waals surface area contributed by atoms with E-state index in [1.807, 2.05) is 0 Å². The van der Waals surface area contributed by atoms with Crippen molar-refractivity contribution in [1.29, 1.82) is 0 Å². The number of amides is 1. The van der Waals surface area contributed by atoms with Crippen molar-refractivity contribution in [2.75, 3.05) is 44.2 Å². The van der Waals surface area contributed by atoms with Crippen LogP contribution in [0.25, 0.3) is 0 Å². The summed E-state index contributed by atoms with van der Waals surface area (Å²) in [4.78, 5) is 21.6. The number of carbonyl (C=O) groups is 1. The average Bonchev–Trinajstić information content (AvgIpc) is 3.25. The Morgan fingerprint density at radius 3 is 2.57 bits per heavy atom. The minimum Gasteiger partial charge on any atom is -0.355 e. The number of rotatable bonds is 7. The van der Waals surface area contributed by atoms with E-state index in [9.17, 15) is 9.18 Å². The van der Waals surface area contributed by atoms with E-state index in [1.54, 1.807) is 12.1 Å². The molecule has 162 valence electrons. The van der Waals surface area contributed by atoms with Crippen LogP contribution in [0.2, 0.25) is 0 Å². The first-order valence-electron chi connectivity index (χ1n) is 11.0. The third-order valence-corrected chi connectivity index (χ3v) is 6.89. The lowest BCUT2D eigenvalue weighted by molar-refractivity contribution is -0.125. The average molecular weight is 432 g/mol. The molecule has 1 saturated carbocycles. The highest BCUT2D eigenvalue weighted by molar-refractivity contribution is 7.09. The molecule has 1 N–H and O–H groups in total. The van der Waals surface area contributed by atoms with Gasteiger partial charge in [-0.3, -0.25) is 9.69 Å². The van der Waals surface area contributed by atoms with Crippen LogP contribution in [0.5, 0.6) is 0 Å². The SMILES string of the molecule is O=C(NCCN1CCN(c2nc(Cc3ccc(F)cc3)ns2)CC1)C1CCCCC1. The van der Waals surface area contributed by atoms with Crippen LogP contribution in [0.1, 0.15) is 43.5 Å². The van der Waals surface area contributed by atoms with Crippen LogP contribution in [0.3, 0.4) is 0 Å². The molecule has 0 bridgehead atoms. The van der Waals surface area contributed by atoms with E-state index in [4.69, 9.17) is 0 Å². The molecule has 1 aromatic carbocycles. The van der Waals surface area contributed by atoms with Gasteiger partial charge in [0.25, 0.3) is 0 Å². The van der Waals surface area contributed by atoms with Crippen LogP contribution >= 0.6 is 11.5 Å². The Hall–Kier alpha value is -2.06. The number of benzene rings is 1. The second-order valence-corrected chi connectivity index (χ2v) is 8.98. The van der Waals surface area contributed by atoms with E-state index in [0.717, 1.165) is 68.6 Å². The smallest absolute Gasteiger partial charge is 0.223 e. The predicted octanol–water partition coefficient (Wildman–Crippen LogP) is 3.09. The van der Waals surface area contributed by atoms with E-state index < -0.39 is 0 Å². The molecular formula is C22H30FN5OS. The van der Waals surface area contributed by atoms with Gasteiger partial charge in [-0.1, -0.05) is 31.4 Å². The number of halogens is 1. The second kappa shape index (κ2) is 10.3. The summed E-state index contributed by atoms with van der Waals surface area (Å²) in [5.74, 6) is 1.04. The number of carbonyl (C=O) groups excluding carboxylic acids is 1. The van der Waals surface area contributed by atoms with Crippen LogP contribution in [0, 0.1) is 11.7 Å². The van der Waals surface area contributed by atoms with Gasteiger partial charge < -0.3 is 10.2 Å². The Kier molecular flexibility index (Phi) is 7.28. The van der Waals surface area contributed by atoms with Crippen molar-refractivity contribution in [1.82, 2.24) is 19.6 Å². The maximum Gasteiger partial charge on any atom is 0.223 e. The minimum absolute atomic E-state index is 0.225. The lowest BCUT2D eigenvalue weighted by atomic mass is 9.89. The molecule has 8 heteroatoms. The molecule has 1 aliphatic heterocycles. The van der Waals surface area contributed by atoms with E-state index in [1.165, 1.54) is 42.9 Å². The fraction of sp³-hybridized carbons (Fsp3) is 0.591. The summed E-state index contributed by atoms with van der Waals surface area (Å²) in [6.45, 7) is 5.40. The molecule has 0 radical (unpaired) electrons. The van der Waals surface area contributed by atoms with Gasteiger partial charge in [-0.15, -0.1) is 0 Å². The number of nitrogens with one attached hydrogen (secondary N) is 1. The molecule has 1 saturated heterocycles. The van der Waals surface area contributed by atoms with Crippen LogP contribution in [-0.4, -0.2) is 59.4 Å². The normalized spacial score (nSPS) is 18.5. The Morgan fingerprint density at radius 2 is 1.83 bits per heavy atom. The summed E-state index contributed by atoms with van der Waals surface area (Å²) in [6, 6.07) is 6.50. The highest BCUT2D eigenvalue weighted by Crippen LogP contribution is 2.23. The van der Waals surface area contributed by atoms with Crippen molar-refractivity contribution in [3.8, 4) is 0 Å². The molecule has 30 heavy (non-hydrogen) atoms. The Balaban J connectivity index is 1.18. The number of aromatic nitrogens is 2. The molecule has 0 spiro atoms. The molecular weight excluding hydrogens is 401 g/mol. The standard InChI is InChI=1S/C22H30FN5OS/c23-19-8-6-17(7-9-19)16-20-25-22(30-26-20)28-14-12-27(13-15-28)11-10-24-21(29)18-4-2-1-3-5-18/h6-9,18H,1-5,10-16H2,(H,24,29). The van der Waals surface area contributed by atoms with Crippen LogP contribution < -0.4 is 10.2 Å². The van der Waals surface area contributed by atoms with Gasteiger partial charge in [-0.25, -0.2) is 9.37 Å². The monoisotopic (exact) mass is 431 g/mol. The van der Waals surface area contributed by atoms with E-state index in [-0.39, 0.29) is 17.6 Å². The lowest BCUT2D eigenvalue weighted by Crippen LogP contribution is -2.48. The van der Waals surface area contributed by atoms with Gasteiger partial charge in [0.15, 0.2) is 0 Å². The first-order chi connectivity index (χ1) is 14.7. The van der Waals surface area contributed by atoms with Crippen molar-refractivity contribution < 1.29 is 9.18 Å². The second-order valence-electron chi connectivity index (χ2n) is 8.25. The van der Waals surface area contributed by atoms with Gasteiger partial charge in [0.2, 0.25) is 11.0 Å². The molecule has 2 aromatic rings. The summed E-state index contributed by atoms with van der Waals surface area (Å²) in [7, 11) is 0. The van der Waals surface area contributed by atoms with Crippen LogP contribution in [0.15, 0.2) is 24.3 Å². The third-order valence-electron chi connectivity index (χ3n) is 6.08. The molecule has 1 amide bonds. The highest BCUT2D eigenvalue weighted by atomic mass is 32.1. The van der Waals surface area contributed by atoms with Crippen molar-refractivity contribution in [3.05, 3.63) is 41.5 Å². The molecule has 1 aromatic heterocycles. The largest absolute Gasteiger partial charge is 0.355 e. The van der Waals surface area contributed by atoms with Gasteiger partial charge >= 0.3 is 0 Å². The van der Waals surface area contributed by atoms with Crippen molar-refractivity contribution in [3.63, 3.8) is 0 Å². The molecule has 2 fully saturated rings. The first-order valence-corrected chi connectivity index (χ1v) is 11.8. The Morgan fingerprint density at radius 1 is 1.10 bits per heavy atom. The fourth-order valence-electron chi connectivity index (χ4n) is 4.24. The number of anilines is 1. The minimum atomic E-state index is -0.225. The topological polar surface area (TPSA) is 61.4 Å². The fourth-order valence-corrected chi connectivity index (χ4v) is 4.98. The third kappa shape index (κ3) is 5.76. The lowest BCUT2D eigenvalue weighted by Gasteiger charge is -2.34. The first kappa shape index (κ1) is 21.2. The molecule has 6 nitrogen and oxygen atoms in total. The number of piperazine rings is 1. The number of hydrogen-bond acceptors (Lipinski definition) is 6. The van der Waals surface area contributed by atoms with Crippen LogP contribution in [-0.2, 0) is 11.2 Å². The summed E-state index contributed by atoms with van der Waals surface area (Å²) >= 11 is 1.43. The maximum atomic E-state index is 13.0. The van der Waals surface area contributed by atoms with Crippen molar-refractivity contribution in [2.45, 2.75) is 38.5 Å². The summed E-state index contributed by atoms with van der Waals surface area (Å²) in [5, 5.41) is 4.09. The van der Waals surface area contributed by atoms with Gasteiger partial charge in [0, 0.05) is 63.1 Å². The molecule has 0 unspecified atom stereocenters. The maximum absolute atomic E-state index is 13.0. The number of nitrogens with zero attached hydrogens (tertiary/aromatic N) is 4. The zero-order valence-electron chi connectivity index (χ0n) is 17.4. The Bertz CT molecular complexity index is 813. The zero-order chi connectivity index (χ0) is 20.8. The molecule has 2 heterocycles. The van der Waals surface area contributed by atoms with E-state index in [2.05, 4.69) is 24.5 Å².